The smallest absolute Gasteiger partial charge is 0.366 e. The lowest BCUT2D eigenvalue weighted by molar-refractivity contribution is -0.228. The highest BCUT2D eigenvalue weighted by Gasteiger charge is 2.43. The van der Waals surface area contributed by atoms with Gasteiger partial charge in [-0.2, -0.15) is 0 Å². The maximum atomic E-state index is 13.0. The van der Waals surface area contributed by atoms with E-state index in [9.17, 15) is 9.90 Å². The van der Waals surface area contributed by atoms with E-state index < -0.39 is 11.6 Å². The zero-order valence-electron chi connectivity index (χ0n) is 14.7. The van der Waals surface area contributed by atoms with Crippen molar-refractivity contribution >= 4 is 5.97 Å². The molecule has 0 aliphatic carbocycles. The standard InChI is InChI=1S/C20H25NO3/c1-5-21(19(2,3)4)24-18(22)20(23,16-12-8-6-9-13-16)17-14-10-7-11-15-17/h6-15,23H,5H2,1-4H3. The number of hydroxylamine groups is 2. The van der Waals surface area contributed by atoms with E-state index in [4.69, 9.17) is 4.84 Å². The molecule has 0 amide bonds. The molecular formula is C20H25NO3. The molecule has 0 saturated heterocycles. The third kappa shape index (κ3) is 3.66. The van der Waals surface area contributed by atoms with Crippen LogP contribution in [0.4, 0.5) is 0 Å². The van der Waals surface area contributed by atoms with E-state index in [-0.39, 0.29) is 5.54 Å². The summed E-state index contributed by atoms with van der Waals surface area (Å²) < 4.78 is 0. The summed E-state index contributed by atoms with van der Waals surface area (Å²) in [5.74, 6) is -0.711. The number of hydrogen-bond acceptors (Lipinski definition) is 4. The fraction of sp³-hybridized carbons (Fsp3) is 0.350. The van der Waals surface area contributed by atoms with E-state index in [0.29, 0.717) is 17.7 Å². The van der Waals surface area contributed by atoms with Crippen molar-refractivity contribution in [2.24, 2.45) is 0 Å². The summed E-state index contributed by atoms with van der Waals surface area (Å²) in [5, 5.41) is 12.9. The lowest BCUT2D eigenvalue weighted by Gasteiger charge is -2.36. The van der Waals surface area contributed by atoms with Gasteiger partial charge in [0.2, 0.25) is 5.60 Å². The first kappa shape index (κ1) is 18.2. The Kier molecular flexibility index (Phi) is 5.42. The maximum absolute atomic E-state index is 13.0. The van der Waals surface area contributed by atoms with Gasteiger partial charge in [-0.25, -0.2) is 4.79 Å². The van der Waals surface area contributed by atoms with Gasteiger partial charge in [-0.05, 0) is 38.8 Å². The Morgan fingerprint density at radius 2 is 1.38 bits per heavy atom. The van der Waals surface area contributed by atoms with Gasteiger partial charge in [0.05, 0.1) is 0 Å². The Hall–Kier alpha value is -2.17. The molecule has 2 aromatic rings. The molecule has 128 valence electrons. The molecular weight excluding hydrogens is 302 g/mol. The highest BCUT2D eigenvalue weighted by Crippen LogP contribution is 2.32. The molecule has 0 radical (unpaired) electrons. The van der Waals surface area contributed by atoms with E-state index in [1.54, 1.807) is 53.6 Å². The van der Waals surface area contributed by atoms with Gasteiger partial charge in [-0.1, -0.05) is 60.7 Å². The van der Waals surface area contributed by atoms with Crippen molar-refractivity contribution in [3.63, 3.8) is 0 Å². The maximum Gasteiger partial charge on any atom is 0.366 e. The Morgan fingerprint density at radius 1 is 0.958 bits per heavy atom. The van der Waals surface area contributed by atoms with Crippen LogP contribution < -0.4 is 0 Å². The SMILES string of the molecule is CCN(OC(=O)C(O)(c1ccccc1)c1ccccc1)C(C)(C)C. The van der Waals surface area contributed by atoms with Crippen molar-refractivity contribution in [3.8, 4) is 0 Å². The minimum absolute atomic E-state index is 0.362. The number of hydrogen-bond donors (Lipinski definition) is 1. The molecule has 24 heavy (non-hydrogen) atoms. The summed E-state index contributed by atoms with van der Waals surface area (Å²) in [4.78, 5) is 18.6. The van der Waals surface area contributed by atoms with Crippen LogP contribution in [0.1, 0.15) is 38.8 Å². The van der Waals surface area contributed by atoms with Crippen LogP contribution in [0.5, 0.6) is 0 Å². The van der Waals surface area contributed by atoms with Gasteiger partial charge in [0.15, 0.2) is 0 Å². The summed E-state index contributed by atoms with van der Waals surface area (Å²) in [7, 11) is 0. The van der Waals surface area contributed by atoms with Gasteiger partial charge >= 0.3 is 5.97 Å². The van der Waals surface area contributed by atoms with Crippen LogP contribution in [-0.4, -0.2) is 28.2 Å². The molecule has 4 heteroatoms. The van der Waals surface area contributed by atoms with Crippen molar-refractivity contribution in [3.05, 3.63) is 71.8 Å². The van der Waals surface area contributed by atoms with Crippen LogP contribution in [0.2, 0.25) is 0 Å². The quantitative estimate of drug-likeness (QED) is 0.854. The zero-order chi connectivity index (χ0) is 17.8. The first-order valence-corrected chi connectivity index (χ1v) is 8.13. The van der Waals surface area contributed by atoms with Gasteiger partial charge in [0, 0.05) is 12.1 Å². The lowest BCUT2D eigenvalue weighted by Crippen LogP contribution is -2.48. The normalized spacial score (nSPS) is 12.2. The average molecular weight is 327 g/mol. The van der Waals surface area contributed by atoms with Gasteiger partial charge in [0.25, 0.3) is 0 Å². The first-order chi connectivity index (χ1) is 11.3. The number of carbonyl (C=O) groups excluding carboxylic acids is 1. The number of carbonyl (C=O) groups is 1. The van der Waals surface area contributed by atoms with E-state index in [1.165, 1.54) is 0 Å². The second-order valence-electron chi connectivity index (χ2n) is 6.69. The van der Waals surface area contributed by atoms with E-state index >= 15 is 0 Å². The number of aliphatic hydroxyl groups is 1. The zero-order valence-corrected chi connectivity index (χ0v) is 14.7. The summed E-state index contributed by atoms with van der Waals surface area (Å²) in [6, 6.07) is 17.7. The van der Waals surface area contributed by atoms with Crippen LogP contribution in [0.15, 0.2) is 60.7 Å². The average Bonchev–Trinajstić information content (AvgIpc) is 2.59. The Balaban J connectivity index is 2.46. The fourth-order valence-electron chi connectivity index (χ4n) is 2.60. The predicted octanol–water partition coefficient (Wildman–Crippen LogP) is 3.50. The predicted molar refractivity (Wildman–Crippen MR) is 94.1 cm³/mol. The number of benzene rings is 2. The van der Waals surface area contributed by atoms with Gasteiger partial charge in [-0.3, -0.25) is 0 Å². The molecule has 2 aromatic carbocycles. The second-order valence-corrected chi connectivity index (χ2v) is 6.69. The number of rotatable bonds is 5. The highest BCUT2D eigenvalue weighted by molar-refractivity contribution is 5.85. The molecule has 0 heterocycles. The van der Waals surface area contributed by atoms with Crippen LogP contribution in [0.25, 0.3) is 0 Å². The van der Waals surface area contributed by atoms with Crippen LogP contribution in [0, 0.1) is 0 Å². The molecule has 0 atom stereocenters. The molecule has 4 nitrogen and oxygen atoms in total. The van der Waals surface area contributed by atoms with Gasteiger partial charge in [0.1, 0.15) is 0 Å². The molecule has 0 fully saturated rings. The summed E-state index contributed by atoms with van der Waals surface area (Å²) in [6.45, 7) is 8.28. The van der Waals surface area contributed by atoms with Crippen molar-refractivity contribution in [1.82, 2.24) is 5.06 Å². The van der Waals surface area contributed by atoms with Crippen LogP contribution >= 0.6 is 0 Å². The fourth-order valence-corrected chi connectivity index (χ4v) is 2.60. The minimum Gasteiger partial charge on any atom is -0.370 e. The number of nitrogens with zero attached hydrogens (tertiary/aromatic N) is 1. The second kappa shape index (κ2) is 7.16. The third-order valence-corrected chi connectivity index (χ3v) is 3.91. The van der Waals surface area contributed by atoms with E-state index in [0.717, 1.165) is 0 Å². The highest BCUT2D eigenvalue weighted by atomic mass is 16.7. The molecule has 0 saturated carbocycles. The molecule has 1 N–H and O–H groups in total. The monoisotopic (exact) mass is 327 g/mol. The van der Waals surface area contributed by atoms with Crippen molar-refractivity contribution < 1.29 is 14.7 Å². The molecule has 0 aliphatic rings. The molecule has 0 unspecified atom stereocenters. The first-order valence-electron chi connectivity index (χ1n) is 8.13. The Bertz CT molecular complexity index is 623. The lowest BCUT2D eigenvalue weighted by atomic mass is 9.86. The van der Waals surface area contributed by atoms with Gasteiger partial charge in [-0.15, -0.1) is 5.06 Å². The molecule has 2 rings (SSSR count). The third-order valence-electron chi connectivity index (χ3n) is 3.91. The van der Waals surface area contributed by atoms with Crippen molar-refractivity contribution in [2.45, 2.75) is 38.8 Å². The Morgan fingerprint density at radius 3 is 1.71 bits per heavy atom. The summed E-state index contributed by atoms with van der Waals surface area (Å²) in [6.07, 6.45) is 0. The van der Waals surface area contributed by atoms with E-state index in [1.807, 2.05) is 39.8 Å². The topological polar surface area (TPSA) is 49.8 Å². The Labute approximate surface area is 143 Å². The largest absolute Gasteiger partial charge is 0.370 e. The van der Waals surface area contributed by atoms with Gasteiger partial charge < -0.3 is 9.94 Å². The molecule has 0 bridgehead atoms. The molecule has 0 spiro atoms. The van der Waals surface area contributed by atoms with Crippen molar-refractivity contribution in [2.75, 3.05) is 6.54 Å². The minimum atomic E-state index is -1.86. The van der Waals surface area contributed by atoms with Crippen LogP contribution in [-0.2, 0) is 15.2 Å². The van der Waals surface area contributed by atoms with E-state index in [2.05, 4.69) is 0 Å². The van der Waals surface area contributed by atoms with Crippen LogP contribution in [0.3, 0.4) is 0 Å². The summed E-state index contributed by atoms with van der Waals surface area (Å²) in [5.41, 5.74) is -1.27. The van der Waals surface area contributed by atoms with Crippen molar-refractivity contribution in [1.29, 1.82) is 0 Å². The summed E-state index contributed by atoms with van der Waals surface area (Å²) >= 11 is 0. The molecule has 0 aliphatic heterocycles. The molecule has 0 aromatic heterocycles.